The molecular formula is C26H32N2O5S. The van der Waals surface area contributed by atoms with E-state index < -0.39 is 0 Å². The Morgan fingerprint density at radius 1 is 1.18 bits per heavy atom. The zero-order valence-electron chi connectivity index (χ0n) is 20.1. The molecule has 2 aromatic carbocycles. The van der Waals surface area contributed by atoms with Crippen molar-refractivity contribution >= 4 is 22.9 Å². The van der Waals surface area contributed by atoms with E-state index >= 15 is 0 Å². The fraction of sp³-hybridized carbons (Fsp3) is 0.462. The lowest BCUT2D eigenvalue weighted by Crippen LogP contribution is -2.46. The molecule has 1 saturated heterocycles. The number of aromatic hydroxyl groups is 1. The van der Waals surface area contributed by atoms with Crippen molar-refractivity contribution in [2.45, 2.75) is 57.8 Å². The summed E-state index contributed by atoms with van der Waals surface area (Å²) in [4.78, 5) is 23.0. The molecule has 1 fully saturated rings. The van der Waals surface area contributed by atoms with Crippen molar-refractivity contribution in [3.05, 3.63) is 52.1 Å². The highest BCUT2D eigenvalue weighted by Gasteiger charge is 2.34. The molecule has 2 amide bonds. The first-order valence-corrected chi connectivity index (χ1v) is 12.5. The average molecular weight is 485 g/mol. The van der Waals surface area contributed by atoms with Gasteiger partial charge in [0.2, 0.25) is 5.91 Å². The van der Waals surface area contributed by atoms with Crippen molar-refractivity contribution in [2.24, 2.45) is 0 Å². The number of hydrogen-bond donors (Lipinski definition) is 3. The predicted molar refractivity (Wildman–Crippen MR) is 133 cm³/mol. The molecule has 0 aliphatic carbocycles. The van der Waals surface area contributed by atoms with Gasteiger partial charge in [0.25, 0.3) is 5.24 Å². The van der Waals surface area contributed by atoms with Crippen LogP contribution in [0.5, 0.6) is 17.2 Å². The molecule has 7 nitrogen and oxygen atoms in total. The second kappa shape index (κ2) is 9.88. The van der Waals surface area contributed by atoms with Gasteiger partial charge in [-0.15, -0.1) is 0 Å². The van der Waals surface area contributed by atoms with E-state index in [0.717, 1.165) is 63.9 Å². The average Bonchev–Trinajstić information content (AvgIpc) is 3.13. The van der Waals surface area contributed by atoms with Crippen LogP contribution < -0.4 is 20.1 Å². The molecule has 0 spiro atoms. The Balaban J connectivity index is 1.23. The topological polar surface area (TPSA) is 96.9 Å². The van der Waals surface area contributed by atoms with E-state index in [1.54, 1.807) is 0 Å². The van der Waals surface area contributed by atoms with Gasteiger partial charge in [-0.05, 0) is 81.3 Å². The van der Waals surface area contributed by atoms with Gasteiger partial charge >= 0.3 is 0 Å². The van der Waals surface area contributed by atoms with Crippen molar-refractivity contribution in [2.75, 3.05) is 19.7 Å². The van der Waals surface area contributed by atoms with E-state index in [1.807, 2.05) is 45.0 Å². The van der Waals surface area contributed by atoms with E-state index in [9.17, 15) is 14.7 Å². The smallest absolute Gasteiger partial charge is 0.286 e. The number of benzene rings is 2. The molecular weight excluding hydrogens is 452 g/mol. The highest BCUT2D eigenvalue weighted by molar-refractivity contribution is 8.15. The molecule has 2 atom stereocenters. The Bertz CT molecular complexity index is 1100. The Kier molecular flexibility index (Phi) is 7.09. The number of phenols is 1. The number of nitrogens with one attached hydrogen (secondary N) is 2. The van der Waals surface area contributed by atoms with Gasteiger partial charge in [0, 0.05) is 18.7 Å². The number of hydrogen-bond acceptors (Lipinski definition) is 7. The van der Waals surface area contributed by atoms with Crippen LogP contribution >= 0.6 is 11.8 Å². The number of carbonyl (C=O) groups excluding carboxylic acids is 2. The highest BCUT2D eigenvalue weighted by Crippen LogP contribution is 2.43. The third kappa shape index (κ3) is 5.18. The lowest BCUT2D eigenvalue weighted by atomic mass is 9.87. The number of thioether (sulfide) groups is 1. The van der Waals surface area contributed by atoms with Gasteiger partial charge in [-0.2, -0.15) is 0 Å². The van der Waals surface area contributed by atoms with E-state index in [-0.39, 0.29) is 22.0 Å². The third-order valence-electron chi connectivity index (χ3n) is 6.75. The normalized spacial score (nSPS) is 21.7. The lowest BCUT2D eigenvalue weighted by Gasteiger charge is -2.38. The van der Waals surface area contributed by atoms with Gasteiger partial charge in [-0.3, -0.25) is 14.9 Å². The lowest BCUT2D eigenvalue weighted by molar-refractivity contribution is -0.118. The maximum atomic E-state index is 11.7. The number of imide groups is 1. The van der Waals surface area contributed by atoms with Crippen molar-refractivity contribution in [1.29, 1.82) is 0 Å². The molecule has 2 heterocycles. The first-order valence-electron chi connectivity index (χ1n) is 11.6. The highest BCUT2D eigenvalue weighted by atomic mass is 32.2. The fourth-order valence-corrected chi connectivity index (χ4v) is 5.34. The van der Waals surface area contributed by atoms with Gasteiger partial charge in [-0.1, -0.05) is 23.9 Å². The van der Waals surface area contributed by atoms with Crippen LogP contribution in [0.15, 0.2) is 24.3 Å². The summed E-state index contributed by atoms with van der Waals surface area (Å²) in [6.07, 6.45) is 2.27. The van der Waals surface area contributed by atoms with Gasteiger partial charge in [0.1, 0.15) is 29.5 Å². The maximum absolute atomic E-state index is 11.7. The number of ether oxygens (including phenoxy) is 2. The SMILES string of the molecule is Cc1c(C)c2c(c(C)c1O)CCC(C)(CNCCOc1ccc(CC3SC(=O)NC3=O)cc1)O2. The molecule has 182 valence electrons. The third-order valence-corrected chi connectivity index (χ3v) is 7.73. The van der Waals surface area contributed by atoms with Crippen LogP contribution in [0.2, 0.25) is 0 Å². The summed E-state index contributed by atoms with van der Waals surface area (Å²) in [7, 11) is 0. The molecule has 2 aliphatic heterocycles. The second-order valence-corrected chi connectivity index (χ2v) is 10.5. The van der Waals surface area contributed by atoms with E-state index in [2.05, 4.69) is 17.6 Å². The minimum Gasteiger partial charge on any atom is -0.507 e. The number of phenolic OH excluding ortho intramolecular Hbond substituents is 1. The molecule has 2 unspecified atom stereocenters. The summed E-state index contributed by atoms with van der Waals surface area (Å²) in [6, 6.07) is 7.63. The van der Waals surface area contributed by atoms with Crippen LogP contribution in [-0.4, -0.2) is 46.8 Å². The zero-order chi connectivity index (χ0) is 24.5. The summed E-state index contributed by atoms with van der Waals surface area (Å²) < 4.78 is 12.3. The number of fused-ring (bicyclic) bond motifs is 1. The van der Waals surface area contributed by atoms with Crippen LogP contribution in [0.3, 0.4) is 0 Å². The molecule has 0 aromatic heterocycles. The minimum absolute atomic E-state index is 0.223. The molecule has 2 aromatic rings. The Hall–Kier alpha value is -2.71. The summed E-state index contributed by atoms with van der Waals surface area (Å²) in [5.41, 5.74) is 4.60. The fourth-order valence-electron chi connectivity index (χ4n) is 4.48. The Labute approximate surface area is 204 Å². The largest absolute Gasteiger partial charge is 0.507 e. The first kappa shape index (κ1) is 24.4. The molecule has 0 radical (unpaired) electrons. The van der Waals surface area contributed by atoms with Crippen LogP contribution in [0, 0.1) is 20.8 Å². The number of amides is 2. The van der Waals surface area contributed by atoms with Crippen LogP contribution in [-0.2, 0) is 17.6 Å². The summed E-state index contributed by atoms with van der Waals surface area (Å²) in [6.45, 7) is 9.92. The maximum Gasteiger partial charge on any atom is 0.286 e. The van der Waals surface area contributed by atoms with E-state index in [1.165, 1.54) is 0 Å². The summed E-state index contributed by atoms with van der Waals surface area (Å²) in [5, 5.41) is 15.5. The molecule has 2 aliphatic rings. The molecule has 3 N–H and O–H groups in total. The van der Waals surface area contributed by atoms with Crippen molar-refractivity contribution < 1.29 is 24.2 Å². The van der Waals surface area contributed by atoms with Crippen LogP contribution in [0.25, 0.3) is 0 Å². The molecule has 34 heavy (non-hydrogen) atoms. The standard InChI is InChI=1S/C26H32N2O5S/c1-15-16(2)23-20(17(3)22(15)29)9-10-26(4,33-23)14-27-11-12-32-19-7-5-18(6-8-19)13-21-24(30)28-25(31)34-21/h5-8,21,27,29H,9-14H2,1-4H3,(H,28,30,31). The Morgan fingerprint density at radius 2 is 1.91 bits per heavy atom. The number of rotatable bonds is 8. The van der Waals surface area contributed by atoms with E-state index in [4.69, 9.17) is 9.47 Å². The molecule has 0 saturated carbocycles. The second-order valence-electron chi connectivity index (χ2n) is 9.34. The van der Waals surface area contributed by atoms with Crippen molar-refractivity contribution in [3.8, 4) is 17.2 Å². The predicted octanol–water partition coefficient (Wildman–Crippen LogP) is 3.96. The van der Waals surface area contributed by atoms with Gasteiger partial charge < -0.3 is 19.9 Å². The van der Waals surface area contributed by atoms with Gasteiger partial charge in [0.15, 0.2) is 0 Å². The number of carbonyl (C=O) groups is 2. The minimum atomic E-state index is -0.360. The van der Waals surface area contributed by atoms with E-state index in [0.29, 0.717) is 31.9 Å². The van der Waals surface area contributed by atoms with Crippen molar-refractivity contribution in [3.63, 3.8) is 0 Å². The molecule has 0 bridgehead atoms. The Morgan fingerprint density at radius 3 is 2.59 bits per heavy atom. The monoisotopic (exact) mass is 484 g/mol. The van der Waals surface area contributed by atoms with Gasteiger partial charge in [-0.25, -0.2) is 0 Å². The quantitative estimate of drug-likeness (QED) is 0.488. The summed E-state index contributed by atoms with van der Waals surface area (Å²) >= 11 is 1.04. The van der Waals surface area contributed by atoms with Crippen molar-refractivity contribution in [1.82, 2.24) is 10.6 Å². The zero-order valence-corrected chi connectivity index (χ0v) is 20.9. The van der Waals surface area contributed by atoms with Gasteiger partial charge in [0.05, 0.1) is 5.25 Å². The molecule has 8 heteroatoms. The first-order chi connectivity index (χ1) is 16.2. The summed E-state index contributed by atoms with van der Waals surface area (Å²) in [5.74, 6) is 1.84. The van der Waals surface area contributed by atoms with Crippen LogP contribution in [0.4, 0.5) is 4.79 Å². The van der Waals surface area contributed by atoms with Crippen LogP contribution in [0.1, 0.15) is 41.2 Å². The molecule has 4 rings (SSSR count).